The molecule has 0 unspecified atom stereocenters. The summed E-state index contributed by atoms with van der Waals surface area (Å²) in [6, 6.07) is 9.79. The van der Waals surface area contributed by atoms with E-state index in [-0.39, 0.29) is 34.2 Å². The number of rotatable bonds is 3. The molecule has 0 aromatic heterocycles. The summed E-state index contributed by atoms with van der Waals surface area (Å²) in [5.41, 5.74) is 3.42. The summed E-state index contributed by atoms with van der Waals surface area (Å²) in [6.45, 7) is 1.92. The van der Waals surface area contributed by atoms with Crippen LogP contribution in [0.4, 0.5) is 17.1 Å². The second kappa shape index (κ2) is 5.94. The number of allylic oxidation sites excluding steroid dienone is 2. The quantitative estimate of drug-likeness (QED) is 0.493. The summed E-state index contributed by atoms with van der Waals surface area (Å²) >= 11 is 0. The van der Waals surface area contributed by atoms with Gasteiger partial charge in [0.1, 0.15) is 0 Å². The number of nitrogens with one attached hydrogen (secondary N) is 1. The molecule has 4 rings (SSSR count). The Balaban J connectivity index is 1.85. The zero-order valence-electron chi connectivity index (χ0n) is 14.1. The number of hydrogen-bond acceptors (Lipinski definition) is 5. The fraction of sp³-hybridized carbons (Fsp3) is 0.263. The molecule has 3 atom stereocenters. The Morgan fingerprint density at radius 1 is 1.12 bits per heavy atom. The van der Waals surface area contributed by atoms with Crippen molar-refractivity contribution in [3.8, 4) is 0 Å². The first kappa shape index (κ1) is 16.3. The summed E-state index contributed by atoms with van der Waals surface area (Å²) in [4.78, 5) is 21.9. The van der Waals surface area contributed by atoms with E-state index in [9.17, 15) is 20.2 Å². The van der Waals surface area contributed by atoms with Gasteiger partial charge < -0.3 is 5.32 Å². The van der Waals surface area contributed by atoms with Gasteiger partial charge in [-0.25, -0.2) is 0 Å². The predicted octanol–water partition coefficient (Wildman–Crippen LogP) is 4.64. The SMILES string of the molecule is Cc1ccc([N+](=O)[O-])c2c1N[C@@H](c1cccc([N+](=O)[O-])c1)[C@H]1CC=C[C@H]21. The monoisotopic (exact) mass is 351 g/mol. The molecule has 0 saturated heterocycles. The van der Waals surface area contributed by atoms with Crippen molar-refractivity contribution in [1.82, 2.24) is 0 Å². The van der Waals surface area contributed by atoms with Gasteiger partial charge >= 0.3 is 0 Å². The molecule has 1 N–H and O–H groups in total. The maximum Gasteiger partial charge on any atom is 0.275 e. The first-order valence-electron chi connectivity index (χ1n) is 8.43. The van der Waals surface area contributed by atoms with E-state index in [2.05, 4.69) is 5.32 Å². The Kier molecular flexibility index (Phi) is 3.72. The molecular weight excluding hydrogens is 334 g/mol. The van der Waals surface area contributed by atoms with Crippen molar-refractivity contribution in [1.29, 1.82) is 0 Å². The number of non-ortho nitro benzene ring substituents is 1. The van der Waals surface area contributed by atoms with E-state index in [4.69, 9.17) is 0 Å². The van der Waals surface area contributed by atoms with E-state index in [0.29, 0.717) is 0 Å². The van der Waals surface area contributed by atoms with Crippen LogP contribution in [0.15, 0.2) is 48.6 Å². The van der Waals surface area contributed by atoms with E-state index in [0.717, 1.165) is 28.8 Å². The number of anilines is 1. The van der Waals surface area contributed by atoms with Gasteiger partial charge in [0.2, 0.25) is 0 Å². The van der Waals surface area contributed by atoms with Gasteiger partial charge in [-0.1, -0.05) is 30.4 Å². The number of nitro benzene ring substituents is 2. The number of nitrogens with zero attached hydrogens (tertiary/aromatic N) is 2. The molecular formula is C19H17N3O4. The third-order valence-electron chi connectivity index (χ3n) is 5.34. The minimum absolute atomic E-state index is 0.0494. The smallest absolute Gasteiger partial charge is 0.275 e. The molecule has 132 valence electrons. The van der Waals surface area contributed by atoms with Crippen LogP contribution in [-0.2, 0) is 0 Å². The normalized spacial score (nSPS) is 23.0. The van der Waals surface area contributed by atoms with E-state index >= 15 is 0 Å². The fourth-order valence-electron chi connectivity index (χ4n) is 4.16. The molecule has 0 spiro atoms. The maximum atomic E-state index is 11.5. The Bertz CT molecular complexity index is 954. The molecule has 2 aliphatic rings. The van der Waals surface area contributed by atoms with Crippen molar-refractivity contribution in [2.24, 2.45) is 5.92 Å². The Morgan fingerprint density at radius 3 is 2.65 bits per heavy atom. The van der Waals surface area contributed by atoms with Gasteiger partial charge in [-0.2, -0.15) is 0 Å². The van der Waals surface area contributed by atoms with Crippen LogP contribution in [0.25, 0.3) is 0 Å². The van der Waals surface area contributed by atoms with Gasteiger partial charge in [0.15, 0.2) is 0 Å². The molecule has 1 aliphatic carbocycles. The van der Waals surface area contributed by atoms with Crippen molar-refractivity contribution < 1.29 is 9.85 Å². The van der Waals surface area contributed by atoms with Crippen LogP contribution in [0, 0.1) is 33.1 Å². The summed E-state index contributed by atoms with van der Waals surface area (Å²) in [6.07, 6.45) is 4.85. The van der Waals surface area contributed by atoms with Gasteiger partial charge in [-0.3, -0.25) is 20.2 Å². The molecule has 2 aromatic carbocycles. The lowest BCUT2D eigenvalue weighted by molar-refractivity contribution is -0.385. The van der Waals surface area contributed by atoms with Gasteiger partial charge in [0.05, 0.1) is 21.5 Å². The van der Waals surface area contributed by atoms with E-state index in [1.807, 2.05) is 25.1 Å². The highest BCUT2D eigenvalue weighted by Gasteiger charge is 2.42. The summed E-state index contributed by atoms with van der Waals surface area (Å²) in [5.74, 6) is 0.0146. The lowest BCUT2D eigenvalue weighted by atomic mass is 9.75. The highest BCUT2D eigenvalue weighted by atomic mass is 16.6. The predicted molar refractivity (Wildman–Crippen MR) is 97.3 cm³/mol. The van der Waals surface area contributed by atoms with Crippen LogP contribution in [0.1, 0.15) is 35.1 Å². The lowest BCUT2D eigenvalue weighted by Gasteiger charge is -2.37. The van der Waals surface area contributed by atoms with Crippen LogP contribution >= 0.6 is 0 Å². The Morgan fingerprint density at radius 2 is 1.92 bits per heavy atom. The standard InChI is InChI=1S/C19H17N3O4/c1-11-8-9-16(22(25)26)17-14-6-3-7-15(14)19(20-18(11)17)12-4-2-5-13(10-12)21(23)24/h2-6,8-10,14-15,19-20H,7H2,1H3/t14-,15-,19-/m0/s1. The third-order valence-corrected chi connectivity index (χ3v) is 5.34. The summed E-state index contributed by atoms with van der Waals surface area (Å²) in [7, 11) is 0. The first-order valence-corrected chi connectivity index (χ1v) is 8.43. The second-order valence-electron chi connectivity index (χ2n) is 6.77. The van der Waals surface area contributed by atoms with Crippen molar-refractivity contribution in [2.45, 2.75) is 25.3 Å². The van der Waals surface area contributed by atoms with Gasteiger partial charge in [0.25, 0.3) is 11.4 Å². The average molecular weight is 351 g/mol. The maximum absolute atomic E-state index is 11.5. The molecule has 2 aromatic rings. The number of aryl methyl sites for hydroxylation is 1. The molecule has 26 heavy (non-hydrogen) atoms. The van der Waals surface area contributed by atoms with Crippen LogP contribution < -0.4 is 5.32 Å². The summed E-state index contributed by atoms with van der Waals surface area (Å²) < 4.78 is 0. The number of nitro groups is 2. The van der Waals surface area contributed by atoms with Gasteiger partial charge in [0, 0.05) is 29.8 Å². The Labute approximate surface area is 149 Å². The second-order valence-corrected chi connectivity index (χ2v) is 6.77. The zero-order valence-corrected chi connectivity index (χ0v) is 14.1. The lowest BCUT2D eigenvalue weighted by Crippen LogP contribution is -2.30. The van der Waals surface area contributed by atoms with Crippen LogP contribution in [0.2, 0.25) is 0 Å². The van der Waals surface area contributed by atoms with E-state index in [1.54, 1.807) is 24.3 Å². The number of fused-ring (bicyclic) bond motifs is 3. The molecule has 0 amide bonds. The van der Waals surface area contributed by atoms with Crippen LogP contribution in [-0.4, -0.2) is 9.85 Å². The highest BCUT2D eigenvalue weighted by molar-refractivity contribution is 5.70. The molecule has 0 fully saturated rings. The minimum atomic E-state index is -0.402. The first-order chi connectivity index (χ1) is 12.5. The van der Waals surface area contributed by atoms with Crippen molar-refractivity contribution in [2.75, 3.05) is 5.32 Å². The van der Waals surface area contributed by atoms with Crippen molar-refractivity contribution in [3.05, 3.63) is 85.5 Å². The van der Waals surface area contributed by atoms with Crippen LogP contribution in [0.5, 0.6) is 0 Å². The van der Waals surface area contributed by atoms with E-state index in [1.165, 1.54) is 6.07 Å². The largest absolute Gasteiger partial charge is 0.377 e. The molecule has 7 heteroatoms. The van der Waals surface area contributed by atoms with Crippen molar-refractivity contribution >= 4 is 17.1 Å². The molecule has 1 aliphatic heterocycles. The molecule has 7 nitrogen and oxygen atoms in total. The number of benzene rings is 2. The Hall–Kier alpha value is -3.22. The topological polar surface area (TPSA) is 98.3 Å². The van der Waals surface area contributed by atoms with Gasteiger partial charge in [-0.05, 0) is 30.4 Å². The minimum Gasteiger partial charge on any atom is -0.377 e. The average Bonchev–Trinajstić information content (AvgIpc) is 3.11. The van der Waals surface area contributed by atoms with Crippen molar-refractivity contribution in [3.63, 3.8) is 0 Å². The fourth-order valence-corrected chi connectivity index (χ4v) is 4.16. The number of hydrogen-bond donors (Lipinski definition) is 1. The molecule has 0 radical (unpaired) electrons. The molecule has 0 bridgehead atoms. The summed E-state index contributed by atoms with van der Waals surface area (Å²) in [5, 5.41) is 26.1. The molecule has 0 saturated carbocycles. The van der Waals surface area contributed by atoms with E-state index < -0.39 is 4.92 Å². The highest BCUT2D eigenvalue weighted by Crippen LogP contribution is 2.53. The van der Waals surface area contributed by atoms with Crippen LogP contribution in [0.3, 0.4) is 0 Å². The molecule has 1 heterocycles. The zero-order chi connectivity index (χ0) is 18.4. The van der Waals surface area contributed by atoms with Gasteiger partial charge in [-0.15, -0.1) is 0 Å². The third kappa shape index (κ3) is 2.44.